The van der Waals surface area contributed by atoms with Crippen molar-refractivity contribution in [1.29, 1.82) is 0 Å². The van der Waals surface area contributed by atoms with Crippen LogP contribution in [0.25, 0.3) is 0 Å². The fourth-order valence-electron chi connectivity index (χ4n) is 1.03. The summed E-state index contributed by atoms with van der Waals surface area (Å²) >= 11 is 0. The van der Waals surface area contributed by atoms with Crippen molar-refractivity contribution in [3.63, 3.8) is 0 Å². The van der Waals surface area contributed by atoms with Crippen molar-refractivity contribution in [2.75, 3.05) is 6.54 Å². The van der Waals surface area contributed by atoms with Crippen LogP contribution in [0, 0.1) is 11.8 Å². The van der Waals surface area contributed by atoms with Crippen molar-refractivity contribution >= 4 is 11.9 Å². The molecule has 0 saturated heterocycles. The number of rotatable bonds is 5. The van der Waals surface area contributed by atoms with Crippen LogP contribution in [0.4, 0.5) is 0 Å². The second-order valence-electron chi connectivity index (χ2n) is 3.43. The van der Waals surface area contributed by atoms with E-state index in [1.165, 1.54) is 6.08 Å². The maximum Gasteiger partial charge on any atom is 0.308 e. The zero-order valence-electron chi connectivity index (χ0n) is 8.78. The molecule has 4 heteroatoms. The fourth-order valence-corrected chi connectivity index (χ4v) is 1.03. The number of aliphatic carboxylic acids is 1. The Morgan fingerprint density at radius 1 is 1.43 bits per heavy atom. The molecule has 0 bridgehead atoms. The molecule has 0 heterocycles. The summed E-state index contributed by atoms with van der Waals surface area (Å²) in [6.07, 6.45) is 2.99. The van der Waals surface area contributed by atoms with E-state index in [1.54, 1.807) is 13.0 Å². The summed E-state index contributed by atoms with van der Waals surface area (Å²) in [6.45, 7) is 5.55. The molecule has 0 aromatic rings. The third-order valence-electron chi connectivity index (χ3n) is 1.94. The number of nitrogens with one attached hydrogen (secondary N) is 1. The second kappa shape index (κ2) is 6.18. The van der Waals surface area contributed by atoms with Gasteiger partial charge in [-0.3, -0.25) is 9.59 Å². The minimum atomic E-state index is -0.874. The topological polar surface area (TPSA) is 66.4 Å². The van der Waals surface area contributed by atoms with Crippen LogP contribution in [0.15, 0.2) is 12.2 Å². The zero-order chi connectivity index (χ0) is 11.1. The third kappa shape index (κ3) is 4.64. The van der Waals surface area contributed by atoms with Gasteiger partial charge in [-0.25, -0.2) is 0 Å². The van der Waals surface area contributed by atoms with Gasteiger partial charge in [0.15, 0.2) is 0 Å². The summed E-state index contributed by atoms with van der Waals surface area (Å²) in [4.78, 5) is 21.7. The molecule has 1 atom stereocenters. The first kappa shape index (κ1) is 12.7. The normalized spacial score (nSPS) is 13.1. The van der Waals surface area contributed by atoms with E-state index in [0.717, 1.165) is 0 Å². The first-order chi connectivity index (χ1) is 6.49. The van der Waals surface area contributed by atoms with Crippen molar-refractivity contribution in [2.24, 2.45) is 11.8 Å². The van der Waals surface area contributed by atoms with E-state index in [1.807, 2.05) is 13.8 Å². The summed E-state index contributed by atoms with van der Waals surface area (Å²) in [6, 6.07) is 0. The minimum Gasteiger partial charge on any atom is -0.481 e. The molecule has 0 saturated carbocycles. The van der Waals surface area contributed by atoms with Gasteiger partial charge in [-0.2, -0.15) is 0 Å². The average Bonchev–Trinajstić information content (AvgIpc) is 2.03. The Kier molecular flexibility index (Phi) is 5.60. The average molecular weight is 199 g/mol. The molecule has 0 aromatic carbocycles. The first-order valence-corrected chi connectivity index (χ1v) is 4.62. The minimum absolute atomic E-state index is 0.0124. The highest BCUT2D eigenvalue weighted by molar-refractivity contribution is 5.87. The molecule has 0 rings (SSSR count). The first-order valence-electron chi connectivity index (χ1n) is 4.62. The SMILES string of the molecule is CC=CC(=O)NCC(C(=O)O)C(C)C. The van der Waals surface area contributed by atoms with Gasteiger partial charge in [-0.05, 0) is 18.9 Å². The molecule has 1 unspecified atom stereocenters. The van der Waals surface area contributed by atoms with Gasteiger partial charge in [0.1, 0.15) is 0 Å². The number of carboxylic acid groups (broad SMARTS) is 1. The van der Waals surface area contributed by atoms with Crippen molar-refractivity contribution < 1.29 is 14.7 Å². The standard InChI is InChI=1S/C10H17NO3/c1-4-5-9(12)11-6-8(7(2)3)10(13)14/h4-5,7-8H,6H2,1-3H3,(H,11,12)(H,13,14). The smallest absolute Gasteiger partial charge is 0.308 e. The van der Waals surface area contributed by atoms with E-state index < -0.39 is 11.9 Å². The largest absolute Gasteiger partial charge is 0.481 e. The summed E-state index contributed by atoms with van der Waals surface area (Å²) in [7, 11) is 0. The van der Waals surface area contributed by atoms with E-state index in [2.05, 4.69) is 5.32 Å². The van der Waals surface area contributed by atoms with Crippen LogP contribution < -0.4 is 5.32 Å². The highest BCUT2D eigenvalue weighted by atomic mass is 16.4. The molecule has 0 aromatic heterocycles. The fraction of sp³-hybridized carbons (Fsp3) is 0.600. The molecule has 0 spiro atoms. The maximum atomic E-state index is 11.0. The Hall–Kier alpha value is -1.32. The molecule has 0 aliphatic rings. The number of amides is 1. The number of carbonyl (C=O) groups excluding carboxylic acids is 1. The lowest BCUT2D eigenvalue weighted by molar-refractivity contribution is -0.143. The molecule has 4 nitrogen and oxygen atoms in total. The van der Waals surface area contributed by atoms with Crippen LogP contribution in [-0.4, -0.2) is 23.5 Å². The molecular formula is C10H17NO3. The number of allylic oxidation sites excluding steroid dienone is 1. The molecule has 14 heavy (non-hydrogen) atoms. The molecule has 1 amide bonds. The van der Waals surface area contributed by atoms with Crippen LogP contribution >= 0.6 is 0 Å². The molecule has 80 valence electrons. The summed E-state index contributed by atoms with van der Waals surface area (Å²) in [5, 5.41) is 11.4. The maximum absolute atomic E-state index is 11.0. The Morgan fingerprint density at radius 3 is 2.36 bits per heavy atom. The van der Waals surface area contributed by atoms with E-state index in [9.17, 15) is 9.59 Å². The van der Waals surface area contributed by atoms with Gasteiger partial charge in [0.2, 0.25) is 5.91 Å². The van der Waals surface area contributed by atoms with Crippen LogP contribution in [0.3, 0.4) is 0 Å². The van der Waals surface area contributed by atoms with Crippen LogP contribution in [0.2, 0.25) is 0 Å². The van der Waals surface area contributed by atoms with Crippen molar-refractivity contribution in [3.8, 4) is 0 Å². The van der Waals surface area contributed by atoms with Gasteiger partial charge in [-0.1, -0.05) is 19.9 Å². The highest BCUT2D eigenvalue weighted by Crippen LogP contribution is 2.09. The van der Waals surface area contributed by atoms with Gasteiger partial charge < -0.3 is 10.4 Å². The quantitative estimate of drug-likeness (QED) is 0.650. The summed E-state index contributed by atoms with van der Waals surface area (Å²) < 4.78 is 0. The van der Waals surface area contributed by atoms with Crippen LogP contribution in [0.1, 0.15) is 20.8 Å². The second-order valence-corrected chi connectivity index (χ2v) is 3.43. The van der Waals surface area contributed by atoms with Gasteiger partial charge >= 0.3 is 5.97 Å². The van der Waals surface area contributed by atoms with Gasteiger partial charge in [0.05, 0.1) is 5.92 Å². The van der Waals surface area contributed by atoms with Crippen molar-refractivity contribution in [1.82, 2.24) is 5.32 Å². The van der Waals surface area contributed by atoms with Gasteiger partial charge in [0, 0.05) is 6.54 Å². The number of carboxylic acids is 1. The molecule has 0 radical (unpaired) electrons. The van der Waals surface area contributed by atoms with Gasteiger partial charge in [0.25, 0.3) is 0 Å². The van der Waals surface area contributed by atoms with Crippen molar-refractivity contribution in [2.45, 2.75) is 20.8 Å². The molecule has 2 N–H and O–H groups in total. The Balaban J connectivity index is 4.07. The lowest BCUT2D eigenvalue weighted by atomic mass is 9.96. The van der Waals surface area contributed by atoms with Crippen LogP contribution in [-0.2, 0) is 9.59 Å². The summed E-state index contributed by atoms with van der Waals surface area (Å²) in [5.41, 5.74) is 0. The Labute approximate surface area is 84.0 Å². The number of hydrogen-bond acceptors (Lipinski definition) is 2. The predicted octanol–water partition coefficient (Wildman–Crippen LogP) is 1.04. The van der Waals surface area contributed by atoms with Gasteiger partial charge in [-0.15, -0.1) is 0 Å². The molecular weight excluding hydrogens is 182 g/mol. The number of hydrogen-bond donors (Lipinski definition) is 2. The number of carbonyl (C=O) groups is 2. The molecule has 0 fully saturated rings. The Morgan fingerprint density at radius 2 is 2.00 bits per heavy atom. The predicted molar refractivity (Wildman–Crippen MR) is 53.8 cm³/mol. The molecule has 0 aliphatic heterocycles. The van der Waals surface area contributed by atoms with E-state index in [-0.39, 0.29) is 18.4 Å². The Bertz CT molecular complexity index is 234. The lowest BCUT2D eigenvalue weighted by Gasteiger charge is -2.15. The highest BCUT2D eigenvalue weighted by Gasteiger charge is 2.21. The monoisotopic (exact) mass is 199 g/mol. The zero-order valence-corrected chi connectivity index (χ0v) is 8.78. The van der Waals surface area contributed by atoms with Crippen molar-refractivity contribution in [3.05, 3.63) is 12.2 Å². The van der Waals surface area contributed by atoms with E-state index >= 15 is 0 Å². The lowest BCUT2D eigenvalue weighted by Crippen LogP contribution is -2.34. The molecule has 0 aliphatic carbocycles. The van der Waals surface area contributed by atoms with E-state index in [0.29, 0.717) is 0 Å². The van der Waals surface area contributed by atoms with Crippen LogP contribution in [0.5, 0.6) is 0 Å². The third-order valence-corrected chi connectivity index (χ3v) is 1.94. The summed E-state index contributed by atoms with van der Waals surface area (Å²) in [5.74, 6) is -1.64. The van der Waals surface area contributed by atoms with E-state index in [4.69, 9.17) is 5.11 Å².